The number of rotatable bonds is 0. The highest BCUT2D eigenvalue weighted by atomic mass is 14.9. The highest BCUT2D eigenvalue weighted by Gasteiger charge is 2.27. The van der Waals surface area contributed by atoms with Crippen molar-refractivity contribution in [1.82, 2.24) is 4.40 Å². The molecule has 2 aliphatic carbocycles. The van der Waals surface area contributed by atoms with Gasteiger partial charge in [-0.05, 0) is 75.5 Å². The van der Waals surface area contributed by atoms with Gasteiger partial charge in [0.1, 0.15) is 0 Å². The normalized spacial score (nSPS) is 13.5. The average Bonchev–Trinajstić information content (AvgIpc) is 3.59. The van der Waals surface area contributed by atoms with E-state index in [9.17, 15) is 0 Å². The lowest BCUT2D eigenvalue weighted by molar-refractivity contribution is 1.26. The predicted octanol–water partition coefficient (Wildman–Crippen LogP) is 8.54. The van der Waals surface area contributed by atoms with E-state index in [0.717, 1.165) is 12.8 Å². The average molecular weight is 444 g/mol. The van der Waals surface area contributed by atoms with Gasteiger partial charge in [-0.1, -0.05) is 84.9 Å². The maximum absolute atomic E-state index is 2.50. The first kappa shape index (κ1) is 18.0. The fraction of sp³-hybridized carbons (Fsp3) is 0.0588. The second-order valence-electron chi connectivity index (χ2n) is 10.1. The van der Waals surface area contributed by atoms with Gasteiger partial charge in [0.15, 0.2) is 0 Å². The van der Waals surface area contributed by atoms with Crippen molar-refractivity contribution in [3.05, 3.63) is 125 Å². The Morgan fingerprint density at radius 2 is 1.26 bits per heavy atom. The van der Waals surface area contributed by atoms with Crippen LogP contribution < -0.4 is 0 Å². The van der Waals surface area contributed by atoms with E-state index in [-0.39, 0.29) is 0 Å². The number of benzene rings is 5. The van der Waals surface area contributed by atoms with Crippen LogP contribution in [0.4, 0.5) is 0 Å². The molecule has 0 atom stereocenters. The summed E-state index contributed by atoms with van der Waals surface area (Å²) in [5.74, 6) is 0. The van der Waals surface area contributed by atoms with Crippen LogP contribution in [-0.2, 0) is 12.8 Å². The topological polar surface area (TPSA) is 4.41 Å². The van der Waals surface area contributed by atoms with Crippen molar-refractivity contribution in [2.45, 2.75) is 12.8 Å². The largest absolute Gasteiger partial charge is 0.309 e. The Kier molecular flexibility index (Phi) is 3.19. The van der Waals surface area contributed by atoms with E-state index in [1.54, 1.807) is 0 Å². The minimum absolute atomic E-state index is 0.994. The minimum atomic E-state index is 0.994. The zero-order valence-electron chi connectivity index (χ0n) is 19.2. The van der Waals surface area contributed by atoms with Crippen molar-refractivity contribution in [2.75, 3.05) is 0 Å². The maximum Gasteiger partial charge on any atom is 0.0547 e. The minimum Gasteiger partial charge on any atom is -0.309 e. The van der Waals surface area contributed by atoms with E-state index in [4.69, 9.17) is 0 Å². The highest BCUT2D eigenvalue weighted by Crippen LogP contribution is 2.49. The second-order valence-corrected chi connectivity index (χ2v) is 10.1. The summed E-state index contributed by atoms with van der Waals surface area (Å²) >= 11 is 0. The quantitative estimate of drug-likeness (QED) is 0.207. The molecule has 7 aromatic rings. The number of hydrogen-bond acceptors (Lipinski definition) is 0. The third kappa shape index (κ3) is 2.15. The molecule has 0 unspecified atom stereocenters. The van der Waals surface area contributed by atoms with Gasteiger partial charge < -0.3 is 4.40 Å². The van der Waals surface area contributed by atoms with Gasteiger partial charge in [-0.3, -0.25) is 0 Å². The molecule has 2 heterocycles. The first-order valence-electron chi connectivity index (χ1n) is 12.5. The van der Waals surface area contributed by atoms with Crippen LogP contribution in [-0.4, -0.2) is 4.40 Å². The summed E-state index contributed by atoms with van der Waals surface area (Å²) in [5, 5.41) is 5.51. The van der Waals surface area contributed by atoms with Crippen LogP contribution in [0.15, 0.2) is 103 Å². The Morgan fingerprint density at radius 1 is 0.486 bits per heavy atom. The molecule has 0 fully saturated rings. The monoisotopic (exact) mass is 443 g/mol. The lowest BCUT2D eigenvalue weighted by Crippen LogP contribution is -1.96. The molecular weight excluding hydrogens is 422 g/mol. The summed E-state index contributed by atoms with van der Waals surface area (Å²) in [5.41, 5.74) is 15.4. The molecule has 0 aliphatic heterocycles. The van der Waals surface area contributed by atoms with Crippen LogP contribution in [0.5, 0.6) is 0 Å². The Balaban J connectivity index is 1.58. The van der Waals surface area contributed by atoms with E-state index in [1.165, 1.54) is 82.6 Å². The van der Waals surface area contributed by atoms with Crippen molar-refractivity contribution < 1.29 is 0 Å². The standard InChI is InChI=1S/C34H21N/c1-4-10-24-21(8-1)18-28-26(24)15-16-30-33(28)34-27(31-19-22-9-3-6-12-29(22)35(30)31)14-13-23-17-20-7-2-5-11-25(20)32(23)34/h1-16,19H,17-18H2. The number of hydrogen-bond donors (Lipinski definition) is 0. The Bertz CT molecular complexity index is 2050. The third-order valence-corrected chi connectivity index (χ3v) is 8.40. The summed E-state index contributed by atoms with van der Waals surface area (Å²) < 4.78 is 2.50. The van der Waals surface area contributed by atoms with Crippen LogP contribution in [0.1, 0.15) is 22.3 Å². The number of pyridine rings is 1. The van der Waals surface area contributed by atoms with Crippen LogP contribution in [0.3, 0.4) is 0 Å². The summed E-state index contributed by atoms with van der Waals surface area (Å²) in [6.07, 6.45) is 2.01. The van der Waals surface area contributed by atoms with Gasteiger partial charge in [0, 0.05) is 21.5 Å². The fourth-order valence-electron chi connectivity index (χ4n) is 6.97. The van der Waals surface area contributed by atoms with Crippen LogP contribution in [0.25, 0.3) is 60.3 Å². The molecule has 0 saturated heterocycles. The Labute approximate surface area is 202 Å². The number of para-hydroxylation sites is 1. The molecule has 9 rings (SSSR count). The van der Waals surface area contributed by atoms with Crippen LogP contribution >= 0.6 is 0 Å². The number of fused-ring (bicyclic) bond motifs is 16. The smallest absolute Gasteiger partial charge is 0.0547 e. The van der Waals surface area contributed by atoms with Gasteiger partial charge in [0.25, 0.3) is 0 Å². The molecule has 5 aromatic carbocycles. The van der Waals surface area contributed by atoms with E-state index in [1.807, 2.05) is 0 Å². The van der Waals surface area contributed by atoms with Crippen LogP contribution in [0.2, 0.25) is 0 Å². The summed E-state index contributed by atoms with van der Waals surface area (Å²) in [6, 6.07) is 38.6. The second kappa shape index (κ2) is 6.20. The van der Waals surface area contributed by atoms with Crippen molar-refractivity contribution in [2.24, 2.45) is 0 Å². The molecule has 0 amide bonds. The van der Waals surface area contributed by atoms with Gasteiger partial charge in [0.05, 0.1) is 16.6 Å². The Morgan fingerprint density at radius 3 is 2.17 bits per heavy atom. The zero-order valence-corrected chi connectivity index (χ0v) is 19.2. The predicted molar refractivity (Wildman–Crippen MR) is 146 cm³/mol. The van der Waals surface area contributed by atoms with Crippen LogP contribution in [0, 0.1) is 0 Å². The SMILES string of the molecule is c1ccc2c(c1)Cc1c-2ccc2c1c1c3c(ccc1c1cc4ccccc4n12)Cc1ccccc1-3. The lowest BCUT2D eigenvalue weighted by Gasteiger charge is -2.17. The van der Waals surface area contributed by atoms with E-state index in [0.29, 0.717) is 0 Å². The van der Waals surface area contributed by atoms with E-state index < -0.39 is 0 Å². The zero-order chi connectivity index (χ0) is 22.7. The van der Waals surface area contributed by atoms with E-state index in [2.05, 4.69) is 108 Å². The molecule has 1 heteroatoms. The first-order chi connectivity index (χ1) is 17.4. The number of aromatic nitrogens is 1. The Hall–Kier alpha value is -4.36. The van der Waals surface area contributed by atoms with Gasteiger partial charge in [0.2, 0.25) is 0 Å². The molecule has 162 valence electrons. The molecule has 0 radical (unpaired) electrons. The molecule has 1 nitrogen and oxygen atoms in total. The molecule has 0 N–H and O–H groups in total. The van der Waals surface area contributed by atoms with Gasteiger partial charge in [-0.15, -0.1) is 0 Å². The van der Waals surface area contributed by atoms with Crippen molar-refractivity contribution in [3.8, 4) is 22.3 Å². The molecule has 0 bridgehead atoms. The summed E-state index contributed by atoms with van der Waals surface area (Å²) in [7, 11) is 0. The molecule has 2 aliphatic rings. The maximum atomic E-state index is 2.50. The molecule has 0 spiro atoms. The summed E-state index contributed by atoms with van der Waals surface area (Å²) in [6.45, 7) is 0. The fourth-order valence-corrected chi connectivity index (χ4v) is 6.97. The summed E-state index contributed by atoms with van der Waals surface area (Å²) in [4.78, 5) is 0. The highest BCUT2D eigenvalue weighted by molar-refractivity contribution is 6.23. The molecule has 35 heavy (non-hydrogen) atoms. The molecule has 0 saturated carbocycles. The molecule has 2 aromatic heterocycles. The van der Waals surface area contributed by atoms with Gasteiger partial charge >= 0.3 is 0 Å². The van der Waals surface area contributed by atoms with Crippen molar-refractivity contribution >= 4 is 38.1 Å². The third-order valence-electron chi connectivity index (χ3n) is 8.40. The van der Waals surface area contributed by atoms with Crippen molar-refractivity contribution in [3.63, 3.8) is 0 Å². The van der Waals surface area contributed by atoms with Gasteiger partial charge in [-0.25, -0.2) is 0 Å². The van der Waals surface area contributed by atoms with Crippen molar-refractivity contribution in [1.29, 1.82) is 0 Å². The lowest BCUT2D eigenvalue weighted by atomic mass is 9.91. The van der Waals surface area contributed by atoms with Gasteiger partial charge in [-0.2, -0.15) is 0 Å². The molecular formula is C34H21N. The first-order valence-corrected chi connectivity index (χ1v) is 12.5. The number of nitrogens with zero attached hydrogens (tertiary/aromatic N) is 1. The van der Waals surface area contributed by atoms with E-state index >= 15 is 0 Å².